The number of carboxylic acid groups (broad SMARTS) is 1. The average Bonchev–Trinajstić information content (AvgIpc) is 3.03. The van der Waals surface area contributed by atoms with Gasteiger partial charge in [-0.25, -0.2) is 4.79 Å². The lowest BCUT2D eigenvalue weighted by Crippen LogP contribution is -2.40. The molecular weight excluding hydrogens is 262 g/mol. The third-order valence-electron chi connectivity index (χ3n) is 2.83. The van der Waals surface area contributed by atoms with E-state index in [1.165, 1.54) is 6.07 Å². The largest absolute Gasteiger partial charge is 0.480 e. The molecule has 2 aromatic rings. The van der Waals surface area contributed by atoms with Crippen molar-refractivity contribution in [3.05, 3.63) is 29.7 Å². The van der Waals surface area contributed by atoms with E-state index in [0.29, 0.717) is 17.9 Å². The van der Waals surface area contributed by atoms with Crippen LogP contribution in [0.3, 0.4) is 0 Å². The lowest BCUT2D eigenvalue weighted by atomic mass is 10.2. The average molecular weight is 277 g/mol. The molecule has 106 valence electrons. The summed E-state index contributed by atoms with van der Waals surface area (Å²) in [6.07, 6.45) is 0.301. The van der Waals surface area contributed by atoms with E-state index in [2.05, 4.69) is 15.5 Å². The predicted octanol–water partition coefficient (Wildman–Crippen LogP) is 1.57. The van der Waals surface area contributed by atoms with Gasteiger partial charge >= 0.3 is 5.97 Å². The summed E-state index contributed by atoms with van der Waals surface area (Å²) in [5.74, 6) is -0.292. The number of rotatable bonds is 5. The fourth-order valence-corrected chi connectivity index (χ4v) is 1.71. The summed E-state index contributed by atoms with van der Waals surface area (Å²) in [4.78, 5) is 22.7. The number of carboxylic acids is 1. The normalized spacial score (nSPS) is 12.1. The Morgan fingerprint density at radius 1 is 1.50 bits per heavy atom. The molecule has 0 bridgehead atoms. The number of nitrogens with one attached hydrogen (secondary N) is 2. The number of H-pyrrole nitrogens is 1. The summed E-state index contributed by atoms with van der Waals surface area (Å²) in [7, 11) is 0. The maximum atomic E-state index is 11.9. The van der Waals surface area contributed by atoms with Crippen LogP contribution in [0.1, 0.15) is 29.6 Å². The number of aromatic amines is 1. The molecule has 0 saturated heterocycles. The van der Waals surface area contributed by atoms with Crippen molar-refractivity contribution < 1.29 is 19.1 Å². The molecule has 2 rings (SSSR count). The van der Waals surface area contributed by atoms with E-state index < -0.39 is 17.9 Å². The molecule has 0 aliphatic rings. The van der Waals surface area contributed by atoms with Crippen LogP contribution in [-0.2, 0) is 4.79 Å². The standard InChI is InChI=1S/C13H15N3O4/c1-3-8(13(18)19)14-12(17)10-6-9(15-16-10)11-5-4-7(2)20-11/h4-6,8H,3H2,1-2H3,(H,14,17)(H,15,16)(H,18,19). The van der Waals surface area contributed by atoms with E-state index in [-0.39, 0.29) is 5.69 Å². The second kappa shape index (κ2) is 5.60. The highest BCUT2D eigenvalue weighted by Gasteiger charge is 2.20. The molecule has 1 amide bonds. The van der Waals surface area contributed by atoms with Gasteiger partial charge in [0.1, 0.15) is 17.5 Å². The van der Waals surface area contributed by atoms with Crippen molar-refractivity contribution in [1.29, 1.82) is 0 Å². The highest BCUT2D eigenvalue weighted by Crippen LogP contribution is 2.20. The van der Waals surface area contributed by atoms with E-state index >= 15 is 0 Å². The Labute approximate surface area is 115 Å². The van der Waals surface area contributed by atoms with Crippen LogP contribution in [0.15, 0.2) is 22.6 Å². The zero-order valence-corrected chi connectivity index (χ0v) is 11.1. The Morgan fingerprint density at radius 3 is 2.80 bits per heavy atom. The van der Waals surface area contributed by atoms with Gasteiger partial charge in [-0.3, -0.25) is 9.89 Å². The number of aliphatic carboxylic acids is 1. The number of aryl methyl sites for hydroxylation is 1. The minimum absolute atomic E-state index is 0.119. The van der Waals surface area contributed by atoms with Crippen LogP contribution in [0.4, 0.5) is 0 Å². The van der Waals surface area contributed by atoms with E-state index in [9.17, 15) is 9.59 Å². The molecule has 2 heterocycles. The first-order valence-corrected chi connectivity index (χ1v) is 6.17. The summed E-state index contributed by atoms with van der Waals surface area (Å²) < 4.78 is 5.41. The molecular formula is C13H15N3O4. The number of carbonyl (C=O) groups excluding carboxylic acids is 1. The van der Waals surface area contributed by atoms with Gasteiger partial charge in [-0.1, -0.05) is 6.92 Å². The molecule has 1 unspecified atom stereocenters. The van der Waals surface area contributed by atoms with E-state index in [0.717, 1.165) is 5.76 Å². The molecule has 0 saturated carbocycles. The Balaban J connectivity index is 2.12. The summed E-state index contributed by atoms with van der Waals surface area (Å²) in [6, 6.07) is 4.15. The first kappa shape index (κ1) is 13.9. The van der Waals surface area contributed by atoms with Gasteiger partial charge in [-0.2, -0.15) is 5.10 Å². The first-order chi connectivity index (χ1) is 9.51. The molecule has 1 atom stereocenters. The Morgan fingerprint density at radius 2 is 2.25 bits per heavy atom. The quantitative estimate of drug-likeness (QED) is 0.768. The Kier molecular flexibility index (Phi) is 3.88. The maximum absolute atomic E-state index is 11.9. The van der Waals surface area contributed by atoms with Crippen LogP contribution in [-0.4, -0.2) is 33.2 Å². The van der Waals surface area contributed by atoms with Crippen LogP contribution >= 0.6 is 0 Å². The molecule has 0 aromatic carbocycles. The number of hydrogen-bond donors (Lipinski definition) is 3. The molecule has 20 heavy (non-hydrogen) atoms. The van der Waals surface area contributed by atoms with Crippen molar-refractivity contribution in [3.63, 3.8) is 0 Å². The van der Waals surface area contributed by atoms with Gasteiger partial charge < -0.3 is 14.8 Å². The molecule has 2 aromatic heterocycles. The molecule has 0 aliphatic heterocycles. The van der Waals surface area contributed by atoms with E-state index in [4.69, 9.17) is 9.52 Å². The molecule has 7 heteroatoms. The Bertz CT molecular complexity index is 629. The molecule has 0 radical (unpaired) electrons. The van der Waals surface area contributed by atoms with Crippen molar-refractivity contribution in [1.82, 2.24) is 15.5 Å². The highest BCUT2D eigenvalue weighted by atomic mass is 16.4. The topological polar surface area (TPSA) is 108 Å². The second-order valence-electron chi connectivity index (χ2n) is 4.35. The van der Waals surface area contributed by atoms with Crippen LogP contribution in [0.2, 0.25) is 0 Å². The summed E-state index contributed by atoms with van der Waals surface area (Å²) >= 11 is 0. The van der Waals surface area contributed by atoms with Gasteiger partial charge in [-0.15, -0.1) is 0 Å². The number of furan rings is 1. The first-order valence-electron chi connectivity index (χ1n) is 6.17. The lowest BCUT2D eigenvalue weighted by Gasteiger charge is -2.10. The van der Waals surface area contributed by atoms with Crippen molar-refractivity contribution in [2.45, 2.75) is 26.3 Å². The minimum Gasteiger partial charge on any atom is -0.480 e. The zero-order valence-electron chi connectivity index (χ0n) is 11.1. The number of hydrogen-bond acceptors (Lipinski definition) is 4. The van der Waals surface area contributed by atoms with Crippen molar-refractivity contribution >= 4 is 11.9 Å². The van der Waals surface area contributed by atoms with Crippen molar-refractivity contribution in [2.75, 3.05) is 0 Å². The number of carbonyl (C=O) groups is 2. The molecule has 0 fully saturated rings. The smallest absolute Gasteiger partial charge is 0.326 e. The van der Waals surface area contributed by atoms with Crippen molar-refractivity contribution in [3.8, 4) is 11.5 Å². The van der Waals surface area contributed by atoms with Crippen molar-refractivity contribution in [2.24, 2.45) is 0 Å². The lowest BCUT2D eigenvalue weighted by molar-refractivity contribution is -0.139. The number of aromatic nitrogens is 2. The fourth-order valence-electron chi connectivity index (χ4n) is 1.71. The van der Waals surface area contributed by atoms with Crippen LogP contribution < -0.4 is 5.32 Å². The van der Waals surface area contributed by atoms with E-state index in [1.807, 2.05) is 6.92 Å². The third kappa shape index (κ3) is 2.87. The molecule has 3 N–H and O–H groups in total. The Hall–Kier alpha value is -2.57. The fraction of sp³-hybridized carbons (Fsp3) is 0.308. The number of nitrogens with zero attached hydrogens (tertiary/aromatic N) is 1. The highest BCUT2D eigenvalue weighted by molar-refractivity contribution is 5.95. The van der Waals surface area contributed by atoms with Crippen LogP contribution in [0.25, 0.3) is 11.5 Å². The summed E-state index contributed by atoms with van der Waals surface area (Å²) in [5, 5.41) is 17.8. The van der Waals surface area contributed by atoms with Gasteiger partial charge in [0.05, 0.1) is 0 Å². The SMILES string of the molecule is CCC(NC(=O)c1cc(-c2ccc(C)o2)[nH]n1)C(=O)O. The summed E-state index contributed by atoms with van der Waals surface area (Å²) in [6.45, 7) is 3.49. The van der Waals surface area contributed by atoms with E-state index in [1.54, 1.807) is 19.1 Å². The number of amides is 1. The summed E-state index contributed by atoms with van der Waals surface area (Å²) in [5.41, 5.74) is 0.681. The van der Waals surface area contributed by atoms with Gasteiger partial charge in [0, 0.05) is 6.07 Å². The zero-order chi connectivity index (χ0) is 14.7. The van der Waals surface area contributed by atoms with Gasteiger partial charge in [0.2, 0.25) is 0 Å². The van der Waals surface area contributed by atoms with Gasteiger partial charge in [0.25, 0.3) is 5.91 Å². The van der Waals surface area contributed by atoms with Gasteiger partial charge in [-0.05, 0) is 25.5 Å². The molecule has 7 nitrogen and oxygen atoms in total. The monoisotopic (exact) mass is 277 g/mol. The minimum atomic E-state index is -1.07. The molecule has 0 spiro atoms. The third-order valence-corrected chi connectivity index (χ3v) is 2.83. The molecule has 0 aliphatic carbocycles. The van der Waals surface area contributed by atoms with Crippen LogP contribution in [0, 0.1) is 6.92 Å². The second-order valence-corrected chi connectivity index (χ2v) is 4.35. The maximum Gasteiger partial charge on any atom is 0.326 e. The van der Waals surface area contributed by atoms with Gasteiger partial charge in [0.15, 0.2) is 11.5 Å². The predicted molar refractivity (Wildman–Crippen MR) is 70.2 cm³/mol. The van der Waals surface area contributed by atoms with Crippen LogP contribution in [0.5, 0.6) is 0 Å².